The summed E-state index contributed by atoms with van der Waals surface area (Å²) in [5.74, 6) is 0.0576. The third-order valence-electron chi connectivity index (χ3n) is 4.28. The average Bonchev–Trinajstić information content (AvgIpc) is 3.18. The minimum absolute atomic E-state index is 0.214. The number of nitrogens with one attached hydrogen (secondary N) is 1. The highest BCUT2D eigenvalue weighted by Gasteiger charge is 2.21. The maximum atomic E-state index is 12.8. The predicted molar refractivity (Wildman–Crippen MR) is 106 cm³/mol. The van der Waals surface area contributed by atoms with Gasteiger partial charge in [0.25, 0.3) is 5.91 Å². The molecule has 0 spiro atoms. The number of hydrogen-bond donors (Lipinski definition) is 2. The van der Waals surface area contributed by atoms with E-state index >= 15 is 0 Å². The van der Waals surface area contributed by atoms with E-state index < -0.39 is 0 Å². The quantitative estimate of drug-likeness (QED) is 0.622. The number of nitrogens with two attached hydrogens (primary N) is 1. The molecule has 0 radical (unpaired) electrons. The van der Waals surface area contributed by atoms with Gasteiger partial charge >= 0.3 is 0 Å². The van der Waals surface area contributed by atoms with Crippen molar-refractivity contribution in [2.24, 2.45) is 5.73 Å². The first-order valence-electron chi connectivity index (χ1n) is 8.90. The van der Waals surface area contributed by atoms with E-state index in [4.69, 9.17) is 21.8 Å². The van der Waals surface area contributed by atoms with Crippen LogP contribution >= 0.6 is 11.6 Å². The lowest BCUT2D eigenvalue weighted by Crippen LogP contribution is -2.29. The zero-order chi connectivity index (χ0) is 19.2. The summed E-state index contributed by atoms with van der Waals surface area (Å²) in [6.07, 6.45) is 3.01. The summed E-state index contributed by atoms with van der Waals surface area (Å²) in [6.45, 7) is 2.03. The van der Waals surface area contributed by atoms with Gasteiger partial charge in [0.15, 0.2) is 5.69 Å². The van der Waals surface area contributed by atoms with Crippen LogP contribution in [0.3, 0.4) is 0 Å². The molecular formula is C21H22ClN3O2. The van der Waals surface area contributed by atoms with E-state index in [1.807, 2.05) is 49.4 Å². The van der Waals surface area contributed by atoms with Gasteiger partial charge in [-0.25, -0.2) is 4.98 Å². The Kier molecular flexibility index (Phi) is 6.27. The minimum atomic E-state index is -0.333. The summed E-state index contributed by atoms with van der Waals surface area (Å²) in [7, 11) is 0. The Labute approximate surface area is 163 Å². The molecule has 0 bridgehead atoms. The number of halogens is 1. The van der Waals surface area contributed by atoms with Gasteiger partial charge in [-0.05, 0) is 29.7 Å². The molecule has 27 heavy (non-hydrogen) atoms. The molecule has 2 unspecified atom stereocenters. The van der Waals surface area contributed by atoms with Crippen LogP contribution in [0.15, 0.2) is 65.3 Å². The summed E-state index contributed by atoms with van der Waals surface area (Å²) >= 11 is 6.00. The zero-order valence-electron chi connectivity index (χ0n) is 15.1. The highest BCUT2D eigenvalue weighted by atomic mass is 35.5. The first-order valence-corrected chi connectivity index (χ1v) is 9.28. The van der Waals surface area contributed by atoms with Crippen molar-refractivity contribution in [1.29, 1.82) is 0 Å². The van der Waals surface area contributed by atoms with Gasteiger partial charge in [-0.2, -0.15) is 0 Å². The predicted octanol–water partition coefficient (Wildman–Crippen LogP) is 4.65. The molecule has 3 aromatic rings. The van der Waals surface area contributed by atoms with Crippen LogP contribution in [-0.4, -0.2) is 10.9 Å². The lowest BCUT2D eigenvalue weighted by atomic mass is 9.98. The fourth-order valence-corrected chi connectivity index (χ4v) is 2.99. The van der Waals surface area contributed by atoms with Crippen molar-refractivity contribution in [2.45, 2.75) is 31.8 Å². The number of oxazole rings is 1. The van der Waals surface area contributed by atoms with Gasteiger partial charge in [-0.15, -0.1) is 0 Å². The smallest absolute Gasteiger partial charge is 0.273 e. The molecule has 0 saturated carbocycles. The number of carbonyl (C=O) groups is 1. The SMILES string of the molecule is CCCC(N)c1nc(C(=O)NC(c2ccccc2)c2ccc(Cl)cc2)co1. The molecule has 3 N–H and O–H groups in total. The molecule has 5 nitrogen and oxygen atoms in total. The van der Waals surface area contributed by atoms with Crippen molar-refractivity contribution in [1.82, 2.24) is 10.3 Å². The van der Waals surface area contributed by atoms with Crippen LogP contribution in [0.2, 0.25) is 5.02 Å². The van der Waals surface area contributed by atoms with E-state index in [1.165, 1.54) is 6.26 Å². The van der Waals surface area contributed by atoms with Crippen LogP contribution in [0.1, 0.15) is 59.4 Å². The first kappa shape index (κ1) is 19.1. The summed E-state index contributed by atoms with van der Waals surface area (Å²) < 4.78 is 5.39. The molecule has 2 aromatic carbocycles. The highest BCUT2D eigenvalue weighted by molar-refractivity contribution is 6.30. The van der Waals surface area contributed by atoms with Crippen LogP contribution in [0.4, 0.5) is 0 Å². The van der Waals surface area contributed by atoms with E-state index in [0.29, 0.717) is 10.9 Å². The molecule has 1 heterocycles. The van der Waals surface area contributed by atoms with E-state index in [1.54, 1.807) is 12.1 Å². The Morgan fingerprint density at radius 2 is 1.81 bits per heavy atom. The van der Waals surface area contributed by atoms with Crippen LogP contribution in [0.25, 0.3) is 0 Å². The molecule has 3 rings (SSSR count). The molecular weight excluding hydrogens is 362 g/mol. The molecule has 1 amide bonds. The Morgan fingerprint density at radius 3 is 2.48 bits per heavy atom. The number of benzene rings is 2. The summed E-state index contributed by atoms with van der Waals surface area (Å²) in [4.78, 5) is 17.0. The van der Waals surface area contributed by atoms with Gasteiger partial charge in [0.05, 0.1) is 12.1 Å². The topological polar surface area (TPSA) is 81.1 Å². The molecule has 2 atom stereocenters. The molecule has 0 fully saturated rings. The molecule has 0 aliphatic rings. The third kappa shape index (κ3) is 4.76. The standard InChI is InChI=1S/C21H22ClN3O2/c1-2-6-17(23)21-24-18(13-27-21)20(26)25-19(14-7-4-3-5-8-14)15-9-11-16(22)12-10-15/h3-5,7-13,17,19H,2,6,23H2,1H3,(H,25,26). The van der Waals surface area contributed by atoms with Gasteiger partial charge < -0.3 is 15.5 Å². The summed E-state index contributed by atoms with van der Waals surface area (Å²) in [5, 5.41) is 3.67. The zero-order valence-corrected chi connectivity index (χ0v) is 15.8. The Morgan fingerprint density at radius 1 is 1.15 bits per heavy atom. The Balaban J connectivity index is 1.84. The molecule has 6 heteroatoms. The molecule has 0 aliphatic heterocycles. The summed E-state index contributed by atoms with van der Waals surface area (Å²) in [5.41, 5.74) is 8.11. The average molecular weight is 384 g/mol. The van der Waals surface area contributed by atoms with Gasteiger partial charge in [-0.3, -0.25) is 4.79 Å². The second-order valence-corrected chi connectivity index (χ2v) is 6.77. The van der Waals surface area contributed by atoms with Crippen molar-refractivity contribution >= 4 is 17.5 Å². The van der Waals surface area contributed by atoms with E-state index in [2.05, 4.69) is 10.3 Å². The third-order valence-corrected chi connectivity index (χ3v) is 4.54. The second kappa shape index (κ2) is 8.84. The van der Waals surface area contributed by atoms with Gasteiger partial charge in [0.2, 0.25) is 5.89 Å². The van der Waals surface area contributed by atoms with Crippen molar-refractivity contribution < 1.29 is 9.21 Å². The van der Waals surface area contributed by atoms with Crippen LogP contribution in [0.5, 0.6) is 0 Å². The largest absolute Gasteiger partial charge is 0.446 e. The maximum absolute atomic E-state index is 12.8. The van der Waals surface area contributed by atoms with Crippen LogP contribution in [-0.2, 0) is 0 Å². The lowest BCUT2D eigenvalue weighted by Gasteiger charge is -2.19. The second-order valence-electron chi connectivity index (χ2n) is 6.33. The Hall–Kier alpha value is -2.63. The molecule has 140 valence electrons. The lowest BCUT2D eigenvalue weighted by molar-refractivity contribution is 0.0938. The van der Waals surface area contributed by atoms with E-state index in [9.17, 15) is 4.79 Å². The van der Waals surface area contributed by atoms with Crippen molar-refractivity contribution in [3.8, 4) is 0 Å². The Bertz CT molecular complexity index is 878. The molecule has 0 saturated heterocycles. The van der Waals surface area contributed by atoms with Gasteiger partial charge in [0, 0.05) is 5.02 Å². The number of amides is 1. The van der Waals surface area contributed by atoms with Crippen molar-refractivity contribution in [3.63, 3.8) is 0 Å². The molecule has 1 aromatic heterocycles. The minimum Gasteiger partial charge on any atom is -0.446 e. The van der Waals surface area contributed by atoms with Crippen LogP contribution < -0.4 is 11.1 Å². The highest BCUT2D eigenvalue weighted by Crippen LogP contribution is 2.24. The van der Waals surface area contributed by atoms with Crippen LogP contribution in [0, 0.1) is 0 Å². The number of carbonyl (C=O) groups excluding carboxylic acids is 1. The van der Waals surface area contributed by atoms with Crippen molar-refractivity contribution in [2.75, 3.05) is 0 Å². The fraction of sp³-hybridized carbons (Fsp3) is 0.238. The number of hydrogen-bond acceptors (Lipinski definition) is 4. The van der Waals surface area contributed by atoms with E-state index in [-0.39, 0.29) is 23.7 Å². The summed E-state index contributed by atoms with van der Waals surface area (Å²) in [6, 6.07) is 16.5. The van der Waals surface area contributed by atoms with Gasteiger partial charge in [0.1, 0.15) is 6.26 Å². The number of rotatable bonds is 7. The van der Waals surface area contributed by atoms with Gasteiger partial charge in [-0.1, -0.05) is 67.4 Å². The van der Waals surface area contributed by atoms with E-state index in [0.717, 1.165) is 24.0 Å². The van der Waals surface area contributed by atoms with Crippen molar-refractivity contribution in [3.05, 3.63) is 88.6 Å². The number of nitrogens with zero attached hydrogens (tertiary/aromatic N) is 1. The molecule has 0 aliphatic carbocycles. The first-order chi connectivity index (χ1) is 13.1. The maximum Gasteiger partial charge on any atom is 0.273 e. The normalized spacial score (nSPS) is 13.1. The fourth-order valence-electron chi connectivity index (χ4n) is 2.86. The monoisotopic (exact) mass is 383 g/mol. The number of aromatic nitrogens is 1.